The van der Waals surface area contributed by atoms with Crippen molar-refractivity contribution in [1.29, 1.82) is 0 Å². The Labute approximate surface area is 257 Å². The van der Waals surface area contributed by atoms with Crippen LogP contribution < -0.4 is 5.19 Å². The molecule has 1 aromatic carbocycles. The third-order valence-corrected chi connectivity index (χ3v) is 16.5. The molecule has 7 nitrogen and oxygen atoms in total. The minimum atomic E-state index is -3.81. The summed E-state index contributed by atoms with van der Waals surface area (Å²) in [7, 11) is -3.81. The van der Waals surface area contributed by atoms with Crippen molar-refractivity contribution in [2.45, 2.75) is 104 Å². The summed E-state index contributed by atoms with van der Waals surface area (Å²) in [6, 6.07) is 19.4. The normalized spacial score (nSPS) is 23.4. The summed E-state index contributed by atoms with van der Waals surface area (Å²) in [4.78, 5) is 17.1. The summed E-state index contributed by atoms with van der Waals surface area (Å²) in [5.74, 6) is 0.551. The van der Waals surface area contributed by atoms with Crippen LogP contribution in [-0.4, -0.2) is 28.8 Å². The molecule has 0 spiro atoms. The van der Waals surface area contributed by atoms with E-state index in [1.54, 1.807) is 0 Å². The van der Waals surface area contributed by atoms with Gasteiger partial charge in [0.2, 0.25) is 0 Å². The first-order chi connectivity index (χ1) is 19.8. The Morgan fingerprint density at radius 3 is 1.86 bits per heavy atom. The molecular formula is C35H45N3O4Si-. The van der Waals surface area contributed by atoms with Gasteiger partial charge in [0.15, 0.2) is 0 Å². The SMILES string of the molecule is [C-]#[N+]C1=C(c2ccccc2)ON(C(C)(C)C)C1c1c2cccccc-2c2c1[Si-](C)(C)(C(C)(C)C)OOC2N([O])C(C)(C)C. The van der Waals surface area contributed by atoms with E-state index < -0.39 is 30.9 Å². The summed E-state index contributed by atoms with van der Waals surface area (Å²) < 4.78 is 6.69. The van der Waals surface area contributed by atoms with Crippen molar-refractivity contribution in [3.63, 3.8) is 0 Å². The molecule has 0 fully saturated rings. The Morgan fingerprint density at radius 1 is 0.837 bits per heavy atom. The monoisotopic (exact) mass is 599 g/mol. The molecule has 0 bridgehead atoms. The molecule has 2 aliphatic carbocycles. The molecule has 0 amide bonds. The van der Waals surface area contributed by atoms with Gasteiger partial charge >= 0.3 is 258 Å². The van der Waals surface area contributed by atoms with E-state index >= 15 is 0 Å². The van der Waals surface area contributed by atoms with E-state index in [4.69, 9.17) is 20.9 Å². The number of rotatable bonds is 3. The molecule has 229 valence electrons. The molecule has 5 rings (SSSR count). The van der Waals surface area contributed by atoms with Crippen LogP contribution in [0, 0.1) is 6.57 Å². The fourth-order valence-electron chi connectivity index (χ4n) is 6.16. The van der Waals surface area contributed by atoms with Gasteiger partial charge in [-0.1, -0.05) is 0 Å². The van der Waals surface area contributed by atoms with Crippen molar-refractivity contribution in [2.75, 3.05) is 0 Å². The Hall–Kier alpha value is -3.03. The number of benzene rings is 1. The maximum absolute atomic E-state index is 14.0. The number of hydroxylamine groups is 4. The van der Waals surface area contributed by atoms with Gasteiger partial charge in [0.05, 0.1) is 0 Å². The fraction of sp³-hybridized carbons (Fsp3) is 0.457. The van der Waals surface area contributed by atoms with Crippen LogP contribution in [0.25, 0.3) is 21.7 Å². The maximum atomic E-state index is 14.0. The van der Waals surface area contributed by atoms with Crippen LogP contribution in [0.5, 0.6) is 0 Å². The van der Waals surface area contributed by atoms with Gasteiger partial charge in [0, 0.05) is 0 Å². The minimum absolute atomic E-state index is 0.354. The van der Waals surface area contributed by atoms with Crippen molar-refractivity contribution >= 4 is 18.5 Å². The van der Waals surface area contributed by atoms with Crippen LogP contribution in [-0.2, 0) is 19.5 Å². The van der Waals surface area contributed by atoms with Crippen LogP contribution in [0.15, 0.2) is 66.4 Å². The van der Waals surface area contributed by atoms with Gasteiger partial charge in [-0.15, -0.1) is 0 Å². The van der Waals surface area contributed by atoms with Crippen molar-refractivity contribution < 1.29 is 19.5 Å². The molecule has 2 heterocycles. The van der Waals surface area contributed by atoms with E-state index in [1.165, 1.54) is 0 Å². The molecular weight excluding hydrogens is 554 g/mol. The molecule has 1 radical (unpaired) electrons. The number of hydrogen-bond donors (Lipinski definition) is 0. The molecule has 0 saturated heterocycles. The van der Waals surface area contributed by atoms with Gasteiger partial charge < -0.3 is 0 Å². The number of nitrogens with zero attached hydrogens (tertiary/aromatic N) is 3. The summed E-state index contributed by atoms with van der Waals surface area (Å²) in [6.07, 6.45) is -0.989. The Morgan fingerprint density at radius 2 is 1.37 bits per heavy atom. The topological polar surface area (TPSA) is 58.4 Å². The van der Waals surface area contributed by atoms with Gasteiger partial charge in [0.25, 0.3) is 0 Å². The van der Waals surface area contributed by atoms with E-state index in [0.717, 1.165) is 38.1 Å². The molecule has 2 aliphatic heterocycles. The quantitative estimate of drug-likeness (QED) is 0.130. The van der Waals surface area contributed by atoms with E-state index in [1.807, 2.05) is 74.4 Å². The third kappa shape index (κ3) is 4.74. The first kappa shape index (κ1) is 31.4. The average Bonchev–Trinajstić information content (AvgIpc) is 3.34. The second kappa shape index (κ2) is 9.99. The van der Waals surface area contributed by atoms with Gasteiger partial charge in [-0.25, -0.2) is 0 Å². The van der Waals surface area contributed by atoms with Crippen molar-refractivity contribution in [2.24, 2.45) is 0 Å². The summed E-state index contributed by atoms with van der Waals surface area (Å²) in [5.41, 5.74) is 3.80. The molecule has 8 heteroatoms. The second-order valence-electron chi connectivity index (χ2n) is 15.6. The van der Waals surface area contributed by atoms with Gasteiger partial charge in [-0.05, 0) is 0 Å². The Balaban J connectivity index is 1.98. The standard InChI is InChI=1S/C35H45N3O4Si/c1-33(2,3)37(39)32-27-25-22-18-14-17-21-24(25)26(31(27)43(11,12,42-41-32)35(7,8)9)29-28(36-10)30(23-19-15-13-16-20-23)40-38(29)34(4,5)6/h13-22,29,32H,1-9,11-12H3/q-1. The van der Waals surface area contributed by atoms with Crippen LogP contribution >= 0.6 is 0 Å². The predicted octanol–water partition coefficient (Wildman–Crippen LogP) is 8.74. The first-order valence-corrected chi connectivity index (χ1v) is 18.4. The third-order valence-electron chi connectivity index (χ3n) is 9.58. The van der Waals surface area contributed by atoms with E-state index in [-0.39, 0.29) is 5.04 Å². The zero-order valence-corrected chi connectivity index (χ0v) is 28.4. The van der Waals surface area contributed by atoms with Crippen molar-refractivity contribution in [3.05, 3.63) is 94.5 Å². The average molecular weight is 600 g/mol. The first-order valence-electron chi connectivity index (χ1n) is 15.0. The van der Waals surface area contributed by atoms with Crippen molar-refractivity contribution in [3.8, 4) is 11.1 Å². The van der Waals surface area contributed by atoms with Gasteiger partial charge in [-0.3, -0.25) is 0 Å². The zero-order valence-electron chi connectivity index (χ0n) is 27.4. The summed E-state index contributed by atoms with van der Waals surface area (Å²) in [5, 5.41) is 17.6. The van der Waals surface area contributed by atoms with Crippen molar-refractivity contribution in [1.82, 2.24) is 10.1 Å². The molecule has 2 unspecified atom stereocenters. The second-order valence-corrected chi connectivity index (χ2v) is 22.3. The number of fused-ring (bicyclic) bond motifs is 3. The van der Waals surface area contributed by atoms with Gasteiger partial charge in [-0.2, -0.15) is 0 Å². The van der Waals surface area contributed by atoms with Gasteiger partial charge in [0.1, 0.15) is 0 Å². The summed E-state index contributed by atoms with van der Waals surface area (Å²) >= 11 is 0. The Kier molecular flexibility index (Phi) is 7.30. The van der Waals surface area contributed by atoms with Crippen LogP contribution in [0.3, 0.4) is 0 Å². The van der Waals surface area contributed by atoms with Crippen LogP contribution in [0.1, 0.15) is 91.3 Å². The van der Waals surface area contributed by atoms with E-state index in [0.29, 0.717) is 11.5 Å². The molecule has 43 heavy (non-hydrogen) atoms. The number of hydrogen-bond acceptors (Lipinski definition) is 5. The molecule has 0 aromatic heterocycles. The predicted molar refractivity (Wildman–Crippen MR) is 172 cm³/mol. The van der Waals surface area contributed by atoms with Crippen LogP contribution in [0.4, 0.5) is 0 Å². The molecule has 0 N–H and O–H groups in total. The van der Waals surface area contributed by atoms with Crippen LogP contribution in [0.2, 0.25) is 18.1 Å². The van der Waals surface area contributed by atoms with E-state index in [9.17, 15) is 5.21 Å². The fourth-order valence-corrected chi connectivity index (χ4v) is 9.72. The Bertz CT molecular complexity index is 1590. The zero-order chi connectivity index (χ0) is 31.8. The molecule has 1 aromatic rings. The molecule has 4 aliphatic rings. The van der Waals surface area contributed by atoms with E-state index in [2.05, 4.69) is 71.6 Å². The summed E-state index contributed by atoms with van der Waals surface area (Å²) in [6.45, 7) is 31.4. The molecule has 2 atom stereocenters. The molecule has 0 saturated carbocycles.